The summed E-state index contributed by atoms with van der Waals surface area (Å²) in [6.07, 6.45) is -1.02. The zero-order valence-corrected chi connectivity index (χ0v) is 19.1. The van der Waals surface area contributed by atoms with Gasteiger partial charge in [-0.25, -0.2) is 5.43 Å². The van der Waals surface area contributed by atoms with Crippen LogP contribution in [0.25, 0.3) is 0 Å². The van der Waals surface area contributed by atoms with Gasteiger partial charge in [-0.1, -0.05) is 35.9 Å². The molecule has 1 heterocycles. The van der Waals surface area contributed by atoms with Crippen molar-refractivity contribution in [3.05, 3.63) is 85.6 Å². The van der Waals surface area contributed by atoms with Crippen LogP contribution >= 0.6 is 22.9 Å². The molecule has 1 aromatic heterocycles. The highest BCUT2D eigenvalue weighted by Gasteiger charge is 2.20. The highest BCUT2D eigenvalue weighted by molar-refractivity contribution is 7.18. The Labute approximate surface area is 198 Å². The second-order valence-corrected chi connectivity index (χ2v) is 8.51. The minimum Gasteiger partial charge on any atom is -0.474 e. The van der Waals surface area contributed by atoms with Crippen LogP contribution in [0, 0.1) is 10.1 Å². The third-order valence-electron chi connectivity index (χ3n) is 4.40. The third-order valence-corrected chi connectivity index (χ3v) is 5.63. The Balaban J connectivity index is 1.63. The zero-order chi connectivity index (χ0) is 24.0. The maximum Gasteiger partial charge on any atom is 0.310 e. The van der Waals surface area contributed by atoms with Gasteiger partial charge in [0, 0.05) is 11.8 Å². The molecule has 0 aliphatic rings. The predicted molar refractivity (Wildman–Crippen MR) is 127 cm³/mol. The molecular formula is C22H19ClN4O5S. The van der Waals surface area contributed by atoms with Crippen molar-refractivity contribution in [2.24, 2.45) is 5.10 Å². The highest BCUT2D eigenvalue weighted by atomic mass is 35.5. The van der Waals surface area contributed by atoms with E-state index in [1.54, 1.807) is 49.4 Å². The molecule has 0 unspecified atom stereocenters. The van der Waals surface area contributed by atoms with E-state index in [4.69, 9.17) is 16.3 Å². The van der Waals surface area contributed by atoms with Crippen molar-refractivity contribution in [3.63, 3.8) is 0 Å². The number of nitrogens with zero attached hydrogens (tertiary/aromatic N) is 2. The van der Waals surface area contributed by atoms with Gasteiger partial charge in [-0.05, 0) is 49.7 Å². The summed E-state index contributed by atoms with van der Waals surface area (Å²) >= 11 is 7.05. The number of para-hydroxylation sites is 2. The van der Waals surface area contributed by atoms with Crippen molar-refractivity contribution in [2.45, 2.75) is 20.0 Å². The van der Waals surface area contributed by atoms with E-state index in [-0.39, 0.29) is 17.3 Å². The van der Waals surface area contributed by atoms with Gasteiger partial charge in [0.25, 0.3) is 11.8 Å². The van der Waals surface area contributed by atoms with Crippen molar-refractivity contribution >= 4 is 51.8 Å². The molecule has 2 amide bonds. The Morgan fingerprint density at radius 2 is 1.91 bits per heavy atom. The Morgan fingerprint density at radius 3 is 2.61 bits per heavy atom. The second-order valence-electron chi connectivity index (χ2n) is 6.80. The number of nitro benzene ring substituents is 1. The van der Waals surface area contributed by atoms with Crippen LogP contribution < -0.4 is 15.5 Å². The van der Waals surface area contributed by atoms with Crippen LogP contribution in [0.4, 0.5) is 11.4 Å². The predicted octanol–water partition coefficient (Wildman–Crippen LogP) is 4.87. The van der Waals surface area contributed by atoms with Gasteiger partial charge in [-0.3, -0.25) is 19.7 Å². The van der Waals surface area contributed by atoms with Crippen LogP contribution in [0.15, 0.2) is 65.8 Å². The summed E-state index contributed by atoms with van der Waals surface area (Å²) in [6.45, 7) is 3.15. The SMILES string of the molecule is CC(=NNC(=O)[C@@H](C)Oc1ccccc1[N+](=O)[O-])c1cccc(NC(=O)c2ccc(Cl)s2)c1. The zero-order valence-electron chi connectivity index (χ0n) is 17.6. The normalized spacial score (nSPS) is 12.0. The van der Waals surface area contributed by atoms with Crippen molar-refractivity contribution in [1.29, 1.82) is 0 Å². The molecule has 0 aliphatic heterocycles. The van der Waals surface area contributed by atoms with E-state index in [0.717, 1.165) is 0 Å². The van der Waals surface area contributed by atoms with Gasteiger partial charge < -0.3 is 10.1 Å². The third kappa shape index (κ3) is 6.37. The van der Waals surface area contributed by atoms with E-state index < -0.39 is 16.9 Å². The van der Waals surface area contributed by atoms with Crippen molar-refractivity contribution in [2.75, 3.05) is 5.32 Å². The first-order valence-electron chi connectivity index (χ1n) is 9.66. The number of hydrogen-bond acceptors (Lipinski definition) is 7. The molecule has 0 radical (unpaired) electrons. The number of anilines is 1. The second kappa shape index (κ2) is 10.7. The lowest BCUT2D eigenvalue weighted by molar-refractivity contribution is -0.386. The number of hydrogen-bond donors (Lipinski definition) is 2. The summed E-state index contributed by atoms with van der Waals surface area (Å²) in [5.41, 5.74) is 3.86. The smallest absolute Gasteiger partial charge is 0.310 e. The molecule has 0 bridgehead atoms. The van der Waals surface area contributed by atoms with E-state index >= 15 is 0 Å². The van der Waals surface area contributed by atoms with E-state index in [1.807, 2.05) is 0 Å². The Hall–Kier alpha value is -3.76. The van der Waals surface area contributed by atoms with Crippen LogP contribution in [-0.4, -0.2) is 28.6 Å². The summed E-state index contributed by atoms with van der Waals surface area (Å²) in [4.78, 5) is 35.7. The summed E-state index contributed by atoms with van der Waals surface area (Å²) in [5.74, 6) is -0.874. The quantitative estimate of drug-likeness (QED) is 0.267. The maximum absolute atomic E-state index is 12.4. The molecule has 0 aliphatic carbocycles. The van der Waals surface area contributed by atoms with Crippen LogP contribution in [0.2, 0.25) is 4.34 Å². The van der Waals surface area contributed by atoms with Gasteiger partial charge in [0.15, 0.2) is 11.9 Å². The molecule has 2 aromatic carbocycles. The molecule has 1 atom stereocenters. The number of carbonyl (C=O) groups excluding carboxylic acids is 2. The number of benzene rings is 2. The molecule has 11 heteroatoms. The van der Waals surface area contributed by atoms with Gasteiger partial charge in [0.1, 0.15) is 0 Å². The molecule has 3 aromatic rings. The standard InChI is InChI=1S/C22H19ClN4O5S/c1-13(15-6-5-7-16(12-15)24-22(29)19-10-11-20(23)33-19)25-26-21(28)14(2)32-18-9-4-3-8-17(18)27(30)31/h3-12,14H,1-2H3,(H,24,29)(H,26,28)/t14-/m1/s1. The Kier molecular flexibility index (Phi) is 7.75. The lowest BCUT2D eigenvalue weighted by Gasteiger charge is -2.13. The topological polar surface area (TPSA) is 123 Å². The fourth-order valence-corrected chi connectivity index (χ4v) is 3.64. The van der Waals surface area contributed by atoms with Crippen molar-refractivity contribution in [3.8, 4) is 5.75 Å². The van der Waals surface area contributed by atoms with Gasteiger partial charge in [0.05, 0.1) is 19.8 Å². The van der Waals surface area contributed by atoms with Crippen LogP contribution in [0.3, 0.4) is 0 Å². The largest absolute Gasteiger partial charge is 0.474 e. The molecule has 0 saturated carbocycles. The van der Waals surface area contributed by atoms with Gasteiger partial charge >= 0.3 is 5.69 Å². The molecule has 9 nitrogen and oxygen atoms in total. The van der Waals surface area contributed by atoms with Gasteiger partial charge in [0.2, 0.25) is 0 Å². The van der Waals surface area contributed by atoms with Crippen molar-refractivity contribution in [1.82, 2.24) is 5.43 Å². The lowest BCUT2D eigenvalue weighted by Crippen LogP contribution is -2.34. The Morgan fingerprint density at radius 1 is 1.15 bits per heavy atom. The highest BCUT2D eigenvalue weighted by Crippen LogP contribution is 2.27. The number of carbonyl (C=O) groups is 2. The van der Waals surface area contributed by atoms with Crippen LogP contribution in [0.5, 0.6) is 5.75 Å². The number of nitro groups is 1. The molecule has 0 fully saturated rings. The number of thiophene rings is 1. The summed E-state index contributed by atoms with van der Waals surface area (Å²) in [6, 6.07) is 16.0. The number of rotatable bonds is 8. The van der Waals surface area contributed by atoms with E-state index in [0.29, 0.717) is 26.2 Å². The maximum atomic E-state index is 12.4. The summed E-state index contributed by atoms with van der Waals surface area (Å²) < 4.78 is 5.96. The minimum absolute atomic E-state index is 0.0127. The first-order valence-corrected chi connectivity index (χ1v) is 10.9. The first kappa shape index (κ1) is 23.9. The van der Waals surface area contributed by atoms with Gasteiger partial charge in [-0.2, -0.15) is 5.10 Å². The molecule has 2 N–H and O–H groups in total. The van der Waals surface area contributed by atoms with Gasteiger partial charge in [-0.15, -0.1) is 11.3 Å². The molecular weight excluding hydrogens is 468 g/mol. The molecule has 170 valence electrons. The van der Waals surface area contributed by atoms with E-state index in [9.17, 15) is 19.7 Å². The molecule has 33 heavy (non-hydrogen) atoms. The number of ether oxygens (including phenoxy) is 1. The van der Waals surface area contributed by atoms with Crippen LogP contribution in [-0.2, 0) is 4.79 Å². The minimum atomic E-state index is -1.02. The number of halogens is 1. The van der Waals surface area contributed by atoms with Crippen LogP contribution in [0.1, 0.15) is 29.1 Å². The molecule has 3 rings (SSSR count). The summed E-state index contributed by atoms with van der Waals surface area (Å²) in [7, 11) is 0. The first-order chi connectivity index (χ1) is 15.7. The summed E-state index contributed by atoms with van der Waals surface area (Å²) in [5, 5.41) is 18.0. The molecule has 0 spiro atoms. The number of hydrazone groups is 1. The average Bonchev–Trinajstić information content (AvgIpc) is 3.24. The average molecular weight is 487 g/mol. The fraction of sp³-hybridized carbons (Fsp3) is 0.136. The number of amides is 2. The van der Waals surface area contributed by atoms with E-state index in [2.05, 4.69) is 15.8 Å². The lowest BCUT2D eigenvalue weighted by atomic mass is 10.1. The van der Waals surface area contributed by atoms with Crippen molar-refractivity contribution < 1.29 is 19.2 Å². The monoisotopic (exact) mass is 486 g/mol. The number of nitrogens with one attached hydrogen (secondary N) is 2. The Bertz CT molecular complexity index is 1230. The van der Waals surface area contributed by atoms with E-state index in [1.165, 1.54) is 36.5 Å². The molecule has 0 saturated heterocycles. The fourth-order valence-electron chi connectivity index (χ4n) is 2.70.